The maximum absolute atomic E-state index is 9.16. The van der Waals surface area contributed by atoms with E-state index in [1.807, 2.05) is 12.1 Å². The Balaban J connectivity index is 2.56. The Morgan fingerprint density at radius 3 is 2.38 bits per heavy atom. The van der Waals surface area contributed by atoms with Crippen LogP contribution in [0.2, 0.25) is 0 Å². The molecule has 0 aliphatic carbocycles. The summed E-state index contributed by atoms with van der Waals surface area (Å²) in [5.41, 5.74) is 0. The summed E-state index contributed by atoms with van der Waals surface area (Å²) in [6.07, 6.45) is -0.871. The molecule has 1 aromatic carbocycles. The number of aliphatic hydroxyl groups is 2. The summed E-state index contributed by atoms with van der Waals surface area (Å²) in [6.45, 7) is 0.276. The molecular weight excluding hydrogens is 276 g/mol. The minimum absolute atomic E-state index is 0.0468. The van der Waals surface area contributed by atoms with E-state index in [0.29, 0.717) is 18.1 Å². The van der Waals surface area contributed by atoms with E-state index < -0.39 is 6.10 Å². The van der Waals surface area contributed by atoms with Crippen LogP contribution in [0.1, 0.15) is 0 Å². The van der Waals surface area contributed by atoms with Gasteiger partial charge in [-0.1, -0.05) is 28.1 Å². The number of alkyl halides is 1. The standard InChI is InChI=1S/C11H15BrO4/c12-5-6-15-10-3-1-2-4-11(10)16-8-9(14)7-13/h1-4,9,13-14H,5-8H2. The first-order valence-corrected chi connectivity index (χ1v) is 6.09. The molecule has 90 valence electrons. The molecular formula is C11H15BrO4. The lowest BCUT2D eigenvalue weighted by Gasteiger charge is -2.13. The van der Waals surface area contributed by atoms with Gasteiger partial charge in [0.15, 0.2) is 11.5 Å². The number of halogens is 1. The second-order valence-electron chi connectivity index (χ2n) is 3.13. The first-order valence-electron chi connectivity index (χ1n) is 4.97. The van der Waals surface area contributed by atoms with Crippen LogP contribution in [0, 0.1) is 0 Å². The molecule has 0 spiro atoms. The lowest BCUT2D eigenvalue weighted by atomic mass is 10.3. The van der Waals surface area contributed by atoms with Gasteiger partial charge in [-0.15, -0.1) is 0 Å². The van der Waals surface area contributed by atoms with Crippen LogP contribution >= 0.6 is 15.9 Å². The van der Waals surface area contributed by atoms with Gasteiger partial charge < -0.3 is 19.7 Å². The smallest absolute Gasteiger partial charge is 0.161 e. The highest BCUT2D eigenvalue weighted by molar-refractivity contribution is 9.09. The summed E-state index contributed by atoms with van der Waals surface area (Å²) in [6, 6.07) is 7.22. The van der Waals surface area contributed by atoms with E-state index in [9.17, 15) is 0 Å². The lowest BCUT2D eigenvalue weighted by molar-refractivity contribution is 0.0525. The van der Waals surface area contributed by atoms with E-state index in [2.05, 4.69) is 15.9 Å². The highest BCUT2D eigenvalue weighted by Gasteiger charge is 2.07. The van der Waals surface area contributed by atoms with Crippen LogP contribution < -0.4 is 9.47 Å². The fourth-order valence-corrected chi connectivity index (χ4v) is 1.24. The fourth-order valence-electron chi connectivity index (χ4n) is 1.08. The van der Waals surface area contributed by atoms with E-state index in [1.54, 1.807) is 12.1 Å². The molecule has 1 atom stereocenters. The van der Waals surface area contributed by atoms with Crippen molar-refractivity contribution in [1.82, 2.24) is 0 Å². The van der Waals surface area contributed by atoms with Gasteiger partial charge in [0.25, 0.3) is 0 Å². The molecule has 4 nitrogen and oxygen atoms in total. The average Bonchev–Trinajstić information content (AvgIpc) is 2.34. The highest BCUT2D eigenvalue weighted by Crippen LogP contribution is 2.26. The largest absolute Gasteiger partial charge is 0.489 e. The van der Waals surface area contributed by atoms with Crippen molar-refractivity contribution in [2.75, 3.05) is 25.2 Å². The summed E-state index contributed by atoms with van der Waals surface area (Å²) in [4.78, 5) is 0. The molecule has 1 aromatic rings. The van der Waals surface area contributed by atoms with Crippen LogP contribution in [0.3, 0.4) is 0 Å². The molecule has 0 aliphatic rings. The van der Waals surface area contributed by atoms with Gasteiger partial charge in [0.1, 0.15) is 12.7 Å². The van der Waals surface area contributed by atoms with Crippen molar-refractivity contribution in [2.24, 2.45) is 0 Å². The maximum Gasteiger partial charge on any atom is 0.161 e. The molecule has 0 radical (unpaired) electrons. The predicted octanol–water partition coefficient (Wildman–Crippen LogP) is 1.19. The van der Waals surface area contributed by atoms with Crippen molar-refractivity contribution in [3.63, 3.8) is 0 Å². The number of benzene rings is 1. The summed E-state index contributed by atoms with van der Waals surface area (Å²) in [7, 11) is 0. The van der Waals surface area contributed by atoms with Crippen molar-refractivity contribution in [1.29, 1.82) is 0 Å². The SMILES string of the molecule is OCC(O)COc1ccccc1OCCBr. The van der Waals surface area contributed by atoms with E-state index in [-0.39, 0.29) is 13.2 Å². The normalized spacial score (nSPS) is 12.2. The number of hydrogen-bond acceptors (Lipinski definition) is 4. The summed E-state index contributed by atoms with van der Waals surface area (Å²) < 4.78 is 10.8. The molecule has 1 unspecified atom stereocenters. The molecule has 2 N–H and O–H groups in total. The lowest BCUT2D eigenvalue weighted by Crippen LogP contribution is -2.21. The minimum atomic E-state index is -0.871. The zero-order valence-corrected chi connectivity index (χ0v) is 10.4. The van der Waals surface area contributed by atoms with E-state index >= 15 is 0 Å². The Kier molecular flexibility index (Phi) is 6.22. The second kappa shape index (κ2) is 7.49. The Morgan fingerprint density at radius 2 is 1.81 bits per heavy atom. The van der Waals surface area contributed by atoms with E-state index in [1.165, 1.54) is 0 Å². The molecule has 0 aromatic heterocycles. The fraction of sp³-hybridized carbons (Fsp3) is 0.455. The molecule has 0 amide bonds. The van der Waals surface area contributed by atoms with Gasteiger partial charge in [0, 0.05) is 5.33 Å². The van der Waals surface area contributed by atoms with Gasteiger partial charge in [0.2, 0.25) is 0 Å². The van der Waals surface area contributed by atoms with Gasteiger partial charge in [-0.3, -0.25) is 0 Å². The molecule has 0 saturated heterocycles. The van der Waals surface area contributed by atoms with Crippen LogP contribution in [0.5, 0.6) is 11.5 Å². The summed E-state index contributed by atoms with van der Waals surface area (Å²) >= 11 is 3.27. The van der Waals surface area contributed by atoms with Gasteiger partial charge in [-0.25, -0.2) is 0 Å². The first-order chi connectivity index (χ1) is 7.77. The number of rotatable bonds is 7. The third-order valence-electron chi connectivity index (χ3n) is 1.83. The van der Waals surface area contributed by atoms with Crippen molar-refractivity contribution >= 4 is 15.9 Å². The van der Waals surface area contributed by atoms with Crippen LogP contribution in [0.25, 0.3) is 0 Å². The molecule has 0 bridgehead atoms. The predicted molar refractivity (Wildman–Crippen MR) is 64.3 cm³/mol. The zero-order valence-electron chi connectivity index (χ0n) is 8.80. The van der Waals surface area contributed by atoms with Crippen molar-refractivity contribution in [2.45, 2.75) is 6.10 Å². The Labute approximate surface area is 103 Å². The quantitative estimate of drug-likeness (QED) is 0.741. The number of aliphatic hydroxyl groups excluding tert-OH is 2. The van der Waals surface area contributed by atoms with Gasteiger partial charge >= 0.3 is 0 Å². The van der Waals surface area contributed by atoms with Crippen LogP contribution in [0.4, 0.5) is 0 Å². The molecule has 0 aliphatic heterocycles. The topological polar surface area (TPSA) is 58.9 Å². The van der Waals surface area contributed by atoms with Crippen molar-refractivity contribution < 1.29 is 19.7 Å². The summed E-state index contributed by atoms with van der Waals surface area (Å²) in [5, 5.41) is 18.6. The highest BCUT2D eigenvalue weighted by atomic mass is 79.9. The third kappa shape index (κ3) is 4.38. The minimum Gasteiger partial charge on any atom is -0.489 e. The second-order valence-corrected chi connectivity index (χ2v) is 3.92. The monoisotopic (exact) mass is 290 g/mol. The molecule has 16 heavy (non-hydrogen) atoms. The molecule has 0 heterocycles. The van der Waals surface area contributed by atoms with Crippen LogP contribution in [-0.4, -0.2) is 41.5 Å². The van der Waals surface area contributed by atoms with Gasteiger partial charge in [0.05, 0.1) is 13.2 Å². The molecule has 0 fully saturated rings. The van der Waals surface area contributed by atoms with Gasteiger partial charge in [-0.05, 0) is 12.1 Å². The van der Waals surface area contributed by atoms with Gasteiger partial charge in [-0.2, -0.15) is 0 Å². The summed E-state index contributed by atoms with van der Waals surface area (Å²) in [5.74, 6) is 1.20. The first kappa shape index (κ1) is 13.3. The van der Waals surface area contributed by atoms with Crippen molar-refractivity contribution in [3.8, 4) is 11.5 Å². The van der Waals surface area contributed by atoms with Crippen molar-refractivity contribution in [3.05, 3.63) is 24.3 Å². The number of para-hydroxylation sites is 2. The molecule has 5 heteroatoms. The van der Waals surface area contributed by atoms with Crippen LogP contribution in [-0.2, 0) is 0 Å². The number of ether oxygens (including phenoxy) is 2. The van der Waals surface area contributed by atoms with Crippen LogP contribution in [0.15, 0.2) is 24.3 Å². The molecule has 1 rings (SSSR count). The van der Waals surface area contributed by atoms with E-state index in [4.69, 9.17) is 19.7 Å². The number of hydrogen-bond donors (Lipinski definition) is 2. The Morgan fingerprint density at radius 1 is 1.19 bits per heavy atom. The zero-order chi connectivity index (χ0) is 11.8. The third-order valence-corrected chi connectivity index (χ3v) is 2.15. The Hall–Kier alpha value is -0.780. The maximum atomic E-state index is 9.16. The Bertz CT molecular complexity index is 306. The average molecular weight is 291 g/mol. The molecule has 0 saturated carbocycles. The van der Waals surface area contributed by atoms with E-state index in [0.717, 1.165) is 5.33 Å².